The molecule has 5 heteroatoms. The summed E-state index contributed by atoms with van der Waals surface area (Å²) in [4.78, 5) is 19.1. The van der Waals surface area contributed by atoms with E-state index in [1.807, 2.05) is 18.2 Å². The predicted molar refractivity (Wildman–Crippen MR) is 103 cm³/mol. The second-order valence-corrected chi connectivity index (χ2v) is 7.42. The molecule has 2 aromatic rings. The fourth-order valence-electron chi connectivity index (χ4n) is 3.29. The highest BCUT2D eigenvalue weighted by Gasteiger charge is 2.14. The van der Waals surface area contributed by atoms with Crippen molar-refractivity contribution in [2.75, 3.05) is 26.2 Å². The summed E-state index contributed by atoms with van der Waals surface area (Å²) < 4.78 is 0. The molecule has 1 N–H and O–H groups in total. The first kappa shape index (κ1) is 18.2. The lowest BCUT2D eigenvalue weighted by Crippen LogP contribution is -2.34. The Hall–Kier alpha value is -1.65. The molecule has 2 heterocycles. The molecule has 0 bridgehead atoms. The number of pyridine rings is 1. The third kappa shape index (κ3) is 5.16. The van der Waals surface area contributed by atoms with E-state index in [4.69, 9.17) is 11.6 Å². The maximum absolute atomic E-state index is 12.3. The number of halogens is 1. The van der Waals surface area contributed by atoms with Crippen LogP contribution in [-0.2, 0) is 0 Å². The summed E-state index contributed by atoms with van der Waals surface area (Å²) in [6, 6.07) is 9.14. The molecule has 0 unspecified atom stereocenters. The van der Waals surface area contributed by atoms with E-state index in [1.165, 1.54) is 25.9 Å². The van der Waals surface area contributed by atoms with Crippen molar-refractivity contribution in [3.63, 3.8) is 0 Å². The highest BCUT2D eigenvalue weighted by atomic mass is 35.5. The molecule has 4 nitrogen and oxygen atoms in total. The van der Waals surface area contributed by atoms with Crippen molar-refractivity contribution in [2.45, 2.75) is 32.6 Å². The summed E-state index contributed by atoms with van der Waals surface area (Å²) in [6.45, 7) is 6.65. The van der Waals surface area contributed by atoms with Crippen molar-refractivity contribution >= 4 is 28.4 Å². The minimum Gasteiger partial charge on any atom is -0.352 e. The first-order valence-electron chi connectivity index (χ1n) is 9.19. The molecule has 1 aliphatic rings. The third-order valence-electron chi connectivity index (χ3n) is 4.98. The van der Waals surface area contributed by atoms with Gasteiger partial charge in [0.05, 0.1) is 5.52 Å². The van der Waals surface area contributed by atoms with Crippen LogP contribution in [0.1, 0.15) is 43.0 Å². The van der Waals surface area contributed by atoms with Gasteiger partial charge in [0.25, 0.3) is 5.91 Å². The monoisotopic (exact) mass is 359 g/mol. The lowest BCUT2D eigenvalue weighted by Gasteiger charge is -2.30. The minimum absolute atomic E-state index is 0.0244. The topological polar surface area (TPSA) is 45.2 Å². The lowest BCUT2D eigenvalue weighted by molar-refractivity contribution is 0.0952. The Labute approximate surface area is 154 Å². The van der Waals surface area contributed by atoms with Gasteiger partial charge in [-0.05, 0) is 81.6 Å². The molecule has 1 saturated heterocycles. The van der Waals surface area contributed by atoms with Gasteiger partial charge in [0.1, 0.15) is 5.15 Å². The molecule has 1 fully saturated rings. The van der Waals surface area contributed by atoms with Crippen molar-refractivity contribution in [1.29, 1.82) is 0 Å². The van der Waals surface area contributed by atoms with Gasteiger partial charge < -0.3 is 10.2 Å². The number of amides is 1. The molecule has 3 rings (SSSR count). The first-order valence-corrected chi connectivity index (χ1v) is 9.56. The van der Waals surface area contributed by atoms with Gasteiger partial charge in [-0.3, -0.25) is 4.79 Å². The normalized spacial score (nSPS) is 16.2. The largest absolute Gasteiger partial charge is 0.352 e. The van der Waals surface area contributed by atoms with Crippen molar-refractivity contribution < 1.29 is 4.79 Å². The van der Waals surface area contributed by atoms with Crippen LogP contribution in [0.25, 0.3) is 10.9 Å². The lowest BCUT2D eigenvalue weighted by atomic mass is 9.99. The van der Waals surface area contributed by atoms with Gasteiger partial charge in [-0.15, -0.1) is 0 Å². The quantitative estimate of drug-likeness (QED) is 0.623. The SMILES string of the molecule is CC1CCN(CCCCNC(=O)c2ccc3nc(Cl)ccc3c2)CC1. The van der Waals surface area contributed by atoms with Crippen LogP contribution in [0.2, 0.25) is 5.15 Å². The summed E-state index contributed by atoms with van der Waals surface area (Å²) in [7, 11) is 0. The Morgan fingerprint density at radius 1 is 1.24 bits per heavy atom. The standard InChI is InChI=1S/C20H26ClN3O/c1-15-8-12-24(13-9-15)11-3-2-10-22-20(25)17-4-6-18-16(14-17)5-7-19(21)23-18/h4-7,14-15H,2-3,8-13H2,1H3,(H,22,25). The fraction of sp³-hybridized carbons (Fsp3) is 0.500. The second-order valence-electron chi connectivity index (χ2n) is 7.03. The molecule has 1 aromatic heterocycles. The number of unbranched alkanes of at least 4 members (excludes halogenated alkanes) is 1. The molecule has 0 atom stereocenters. The number of hydrogen-bond donors (Lipinski definition) is 1. The zero-order valence-corrected chi connectivity index (χ0v) is 15.6. The highest BCUT2D eigenvalue weighted by Crippen LogP contribution is 2.17. The average molecular weight is 360 g/mol. The Bertz CT molecular complexity index is 726. The summed E-state index contributed by atoms with van der Waals surface area (Å²) in [6.07, 6.45) is 4.79. The molecule has 134 valence electrons. The Morgan fingerprint density at radius 2 is 2.04 bits per heavy atom. The molecule has 1 aromatic carbocycles. The molecule has 25 heavy (non-hydrogen) atoms. The molecule has 0 radical (unpaired) electrons. The first-order chi connectivity index (χ1) is 12.1. The predicted octanol–water partition coefficient (Wildman–Crippen LogP) is 4.13. The molecule has 0 spiro atoms. The zero-order valence-electron chi connectivity index (χ0n) is 14.8. The van der Waals surface area contributed by atoms with Gasteiger partial charge in [-0.25, -0.2) is 4.98 Å². The Balaban J connectivity index is 1.41. The fourth-order valence-corrected chi connectivity index (χ4v) is 3.45. The number of nitrogens with zero attached hydrogens (tertiary/aromatic N) is 2. The maximum atomic E-state index is 12.3. The number of hydrogen-bond acceptors (Lipinski definition) is 3. The summed E-state index contributed by atoms with van der Waals surface area (Å²) in [5, 5.41) is 4.41. The molecule has 1 aliphatic heterocycles. The summed E-state index contributed by atoms with van der Waals surface area (Å²) >= 11 is 5.89. The van der Waals surface area contributed by atoms with Crippen LogP contribution in [0.15, 0.2) is 30.3 Å². The van der Waals surface area contributed by atoms with E-state index in [-0.39, 0.29) is 5.91 Å². The number of piperidine rings is 1. The van der Waals surface area contributed by atoms with Gasteiger partial charge in [-0.1, -0.05) is 18.5 Å². The van der Waals surface area contributed by atoms with Crippen LogP contribution in [-0.4, -0.2) is 42.0 Å². The van der Waals surface area contributed by atoms with Crippen LogP contribution >= 0.6 is 11.6 Å². The van der Waals surface area contributed by atoms with E-state index >= 15 is 0 Å². The van der Waals surface area contributed by atoms with Gasteiger partial charge in [0.2, 0.25) is 0 Å². The highest BCUT2D eigenvalue weighted by molar-refractivity contribution is 6.29. The minimum atomic E-state index is -0.0244. The molecule has 0 aliphatic carbocycles. The summed E-state index contributed by atoms with van der Waals surface area (Å²) in [5.74, 6) is 0.854. The van der Waals surface area contributed by atoms with Gasteiger partial charge in [0.15, 0.2) is 0 Å². The number of aromatic nitrogens is 1. The van der Waals surface area contributed by atoms with E-state index in [0.717, 1.165) is 42.8 Å². The van der Waals surface area contributed by atoms with Crippen LogP contribution in [0, 0.1) is 5.92 Å². The maximum Gasteiger partial charge on any atom is 0.251 e. The average Bonchev–Trinajstić information content (AvgIpc) is 2.62. The number of likely N-dealkylation sites (tertiary alicyclic amines) is 1. The molecule has 1 amide bonds. The van der Waals surface area contributed by atoms with Crippen LogP contribution < -0.4 is 5.32 Å². The Morgan fingerprint density at radius 3 is 2.84 bits per heavy atom. The molecular formula is C20H26ClN3O. The second kappa shape index (κ2) is 8.63. The Kier molecular flexibility index (Phi) is 6.27. The van der Waals surface area contributed by atoms with Crippen LogP contribution in [0.5, 0.6) is 0 Å². The van der Waals surface area contributed by atoms with E-state index in [0.29, 0.717) is 10.7 Å². The van der Waals surface area contributed by atoms with Crippen LogP contribution in [0.3, 0.4) is 0 Å². The number of rotatable bonds is 6. The van der Waals surface area contributed by atoms with Crippen molar-refractivity contribution in [3.8, 4) is 0 Å². The van der Waals surface area contributed by atoms with Gasteiger partial charge in [0, 0.05) is 17.5 Å². The van der Waals surface area contributed by atoms with Crippen LogP contribution in [0.4, 0.5) is 0 Å². The number of carbonyl (C=O) groups is 1. The number of benzene rings is 1. The van der Waals surface area contributed by atoms with E-state index in [1.54, 1.807) is 12.1 Å². The third-order valence-corrected chi connectivity index (χ3v) is 5.19. The smallest absolute Gasteiger partial charge is 0.251 e. The van der Waals surface area contributed by atoms with Gasteiger partial charge >= 0.3 is 0 Å². The number of nitrogens with one attached hydrogen (secondary N) is 1. The number of fused-ring (bicyclic) bond motifs is 1. The van der Waals surface area contributed by atoms with Crippen molar-refractivity contribution in [2.24, 2.45) is 5.92 Å². The zero-order chi connectivity index (χ0) is 17.6. The van der Waals surface area contributed by atoms with Gasteiger partial charge in [-0.2, -0.15) is 0 Å². The molecule has 0 saturated carbocycles. The van der Waals surface area contributed by atoms with E-state index in [9.17, 15) is 4.79 Å². The van der Waals surface area contributed by atoms with E-state index < -0.39 is 0 Å². The van der Waals surface area contributed by atoms with Crippen molar-refractivity contribution in [1.82, 2.24) is 15.2 Å². The number of carbonyl (C=O) groups excluding carboxylic acids is 1. The van der Waals surface area contributed by atoms with Crippen molar-refractivity contribution in [3.05, 3.63) is 41.0 Å². The summed E-state index contributed by atoms with van der Waals surface area (Å²) in [5.41, 5.74) is 1.47. The molecular weight excluding hydrogens is 334 g/mol. The van der Waals surface area contributed by atoms with E-state index in [2.05, 4.69) is 22.1 Å².